The highest BCUT2D eigenvalue weighted by Crippen LogP contribution is 2.24. The highest BCUT2D eigenvalue weighted by atomic mass is 16.2. The third-order valence-electron chi connectivity index (χ3n) is 2.76. The van der Waals surface area contributed by atoms with E-state index >= 15 is 0 Å². The summed E-state index contributed by atoms with van der Waals surface area (Å²) in [6.45, 7) is 0.801. The summed E-state index contributed by atoms with van der Waals surface area (Å²) in [5.41, 5.74) is 0. The zero-order chi connectivity index (χ0) is 8.55. The Kier molecular flexibility index (Phi) is 1.87. The normalized spacial score (nSPS) is 30.3. The van der Waals surface area contributed by atoms with Crippen LogP contribution in [0.4, 0.5) is 0 Å². The topological polar surface area (TPSA) is 37.4 Å². The number of Topliss-reactive ketones (excluding diaryl/α,β-unsaturated/α-hetero) is 1. The number of hydrogen-bond acceptors (Lipinski definition) is 2. The minimum Gasteiger partial charge on any atom is -0.333 e. The first kappa shape index (κ1) is 7.77. The van der Waals surface area contributed by atoms with Gasteiger partial charge >= 0.3 is 0 Å². The lowest BCUT2D eigenvalue weighted by Gasteiger charge is -2.21. The Bertz CT molecular complexity index is 201. The van der Waals surface area contributed by atoms with E-state index in [1.807, 2.05) is 0 Å². The summed E-state index contributed by atoms with van der Waals surface area (Å²) in [4.78, 5) is 24.4. The fourth-order valence-electron chi connectivity index (χ4n) is 2.13. The average molecular weight is 167 g/mol. The molecule has 1 atom stereocenters. The van der Waals surface area contributed by atoms with E-state index in [1.54, 1.807) is 4.90 Å². The van der Waals surface area contributed by atoms with Crippen LogP contribution in [0.15, 0.2) is 0 Å². The molecule has 1 aliphatic heterocycles. The van der Waals surface area contributed by atoms with E-state index in [0.717, 1.165) is 25.8 Å². The Balaban J connectivity index is 2.08. The fourth-order valence-corrected chi connectivity index (χ4v) is 2.13. The Labute approximate surface area is 71.7 Å². The number of rotatable bonds is 1. The molecular formula is C9H13NO2. The Morgan fingerprint density at radius 2 is 2.00 bits per heavy atom. The van der Waals surface area contributed by atoms with Gasteiger partial charge in [-0.2, -0.15) is 0 Å². The molecule has 1 heterocycles. The third-order valence-corrected chi connectivity index (χ3v) is 2.76. The number of carbonyl (C=O) groups is 2. The lowest BCUT2D eigenvalue weighted by Crippen LogP contribution is -2.38. The van der Waals surface area contributed by atoms with Crippen molar-refractivity contribution in [3.63, 3.8) is 0 Å². The Morgan fingerprint density at radius 1 is 1.17 bits per heavy atom. The van der Waals surface area contributed by atoms with Gasteiger partial charge in [0.05, 0.1) is 6.04 Å². The van der Waals surface area contributed by atoms with Crippen LogP contribution in [0, 0.1) is 0 Å². The van der Waals surface area contributed by atoms with Gasteiger partial charge in [0.15, 0.2) is 5.78 Å². The molecule has 1 aliphatic carbocycles. The molecule has 0 aromatic rings. The van der Waals surface area contributed by atoms with Crippen molar-refractivity contribution >= 4 is 11.7 Å². The predicted molar refractivity (Wildman–Crippen MR) is 43.6 cm³/mol. The first-order valence-electron chi connectivity index (χ1n) is 4.61. The maximum absolute atomic E-state index is 11.3. The molecule has 66 valence electrons. The number of ketones is 1. The van der Waals surface area contributed by atoms with E-state index in [-0.39, 0.29) is 17.7 Å². The van der Waals surface area contributed by atoms with Gasteiger partial charge in [-0.05, 0) is 19.3 Å². The van der Waals surface area contributed by atoms with Crippen LogP contribution in [-0.2, 0) is 9.59 Å². The minimum absolute atomic E-state index is 0.0556. The van der Waals surface area contributed by atoms with Crippen LogP contribution in [0.25, 0.3) is 0 Å². The van der Waals surface area contributed by atoms with Crippen molar-refractivity contribution in [3.05, 3.63) is 0 Å². The molecule has 0 bridgehead atoms. The van der Waals surface area contributed by atoms with Crippen molar-refractivity contribution < 1.29 is 9.59 Å². The highest BCUT2D eigenvalue weighted by Gasteiger charge is 2.35. The van der Waals surface area contributed by atoms with Crippen LogP contribution in [0.3, 0.4) is 0 Å². The van der Waals surface area contributed by atoms with Crippen molar-refractivity contribution in [1.29, 1.82) is 0 Å². The standard InChI is InChI=1S/C9H13NO2/c11-8-4-1-3-7(8)10-6-2-5-9(10)12/h7H,1-6H2. The van der Waals surface area contributed by atoms with Gasteiger partial charge < -0.3 is 4.90 Å². The van der Waals surface area contributed by atoms with Crippen molar-refractivity contribution in [1.82, 2.24) is 4.90 Å². The lowest BCUT2D eigenvalue weighted by atomic mass is 10.2. The molecular weight excluding hydrogens is 154 g/mol. The smallest absolute Gasteiger partial charge is 0.223 e. The Morgan fingerprint density at radius 3 is 2.50 bits per heavy atom. The van der Waals surface area contributed by atoms with Gasteiger partial charge in [0.2, 0.25) is 5.91 Å². The summed E-state index contributed by atoms with van der Waals surface area (Å²) in [5, 5.41) is 0. The third kappa shape index (κ3) is 1.13. The summed E-state index contributed by atoms with van der Waals surface area (Å²) >= 11 is 0. The van der Waals surface area contributed by atoms with E-state index in [1.165, 1.54) is 0 Å². The molecule has 0 aromatic carbocycles. The molecule has 0 spiro atoms. The Hall–Kier alpha value is -0.860. The SMILES string of the molecule is O=C1CCCC1N1CCCC1=O. The van der Waals surface area contributed by atoms with Gasteiger partial charge in [-0.15, -0.1) is 0 Å². The van der Waals surface area contributed by atoms with E-state index < -0.39 is 0 Å². The van der Waals surface area contributed by atoms with Gasteiger partial charge in [0.1, 0.15) is 0 Å². The van der Waals surface area contributed by atoms with Crippen LogP contribution in [0.5, 0.6) is 0 Å². The largest absolute Gasteiger partial charge is 0.333 e. The van der Waals surface area contributed by atoms with Crippen molar-refractivity contribution in [2.45, 2.75) is 38.1 Å². The zero-order valence-corrected chi connectivity index (χ0v) is 7.08. The monoisotopic (exact) mass is 167 g/mol. The van der Waals surface area contributed by atoms with E-state index in [9.17, 15) is 9.59 Å². The molecule has 12 heavy (non-hydrogen) atoms. The molecule has 2 aliphatic rings. The molecule has 0 N–H and O–H groups in total. The minimum atomic E-state index is -0.0556. The first-order valence-corrected chi connectivity index (χ1v) is 4.61. The van der Waals surface area contributed by atoms with Gasteiger partial charge in [0, 0.05) is 19.4 Å². The second kappa shape index (κ2) is 2.88. The predicted octanol–water partition coefficient (Wildman–Crippen LogP) is 0.730. The highest BCUT2D eigenvalue weighted by molar-refractivity contribution is 5.91. The second-order valence-electron chi connectivity index (χ2n) is 3.57. The van der Waals surface area contributed by atoms with Crippen molar-refractivity contribution in [2.24, 2.45) is 0 Å². The van der Waals surface area contributed by atoms with Crippen molar-refractivity contribution in [3.8, 4) is 0 Å². The quantitative estimate of drug-likeness (QED) is 0.577. The molecule has 1 unspecified atom stereocenters. The van der Waals surface area contributed by atoms with Crippen molar-refractivity contribution in [2.75, 3.05) is 6.54 Å². The molecule has 0 aromatic heterocycles. The molecule has 1 saturated carbocycles. The molecule has 1 saturated heterocycles. The molecule has 3 heteroatoms. The number of amides is 1. The molecule has 3 nitrogen and oxygen atoms in total. The first-order chi connectivity index (χ1) is 5.79. The number of nitrogens with zero attached hydrogens (tertiary/aromatic N) is 1. The molecule has 2 fully saturated rings. The van der Waals surface area contributed by atoms with Gasteiger partial charge in [-0.25, -0.2) is 0 Å². The number of carbonyl (C=O) groups excluding carboxylic acids is 2. The summed E-state index contributed by atoms with van der Waals surface area (Å²) in [6, 6.07) is -0.0556. The van der Waals surface area contributed by atoms with Gasteiger partial charge in [-0.3, -0.25) is 9.59 Å². The van der Waals surface area contributed by atoms with E-state index in [4.69, 9.17) is 0 Å². The van der Waals surface area contributed by atoms with Crippen LogP contribution >= 0.6 is 0 Å². The fraction of sp³-hybridized carbons (Fsp3) is 0.778. The molecule has 2 rings (SSSR count). The second-order valence-corrected chi connectivity index (χ2v) is 3.57. The average Bonchev–Trinajstić information content (AvgIpc) is 2.59. The van der Waals surface area contributed by atoms with Crippen LogP contribution in [0.2, 0.25) is 0 Å². The van der Waals surface area contributed by atoms with Crippen LogP contribution in [0.1, 0.15) is 32.1 Å². The maximum Gasteiger partial charge on any atom is 0.223 e. The van der Waals surface area contributed by atoms with Crippen LogP contribution < -0.4 is 0 Å². The maximum atomic E-state index is 11.3. The summed E-state index contributed by atoms with van der Waals surface area (Å²) in [5.74, 6) is 0.445. The van der Waals surface area contributed by atoms with E-state index in [2.05, 4.69) is 0 Å². The zero-order valence-electron chi connectivity index (χ0n) is 7.08. The lowest BCUT2D eigenvalue weighted by molar-refractivity contribution is -0.135. The van der Waals surface area contributed by atoms with Gasteiger partial charge in [0.25, 0.3) is 0 Å². The summed E-state index contributed by atoms with van der Waals surface area (Å²) < 4.78 is 0. The van der Waals surface area contributed by atoms with Gasteiger partial charge in [-0.1, -0.05) is 0 Å². The number of likely N-dealkylation sites (tertiary alicyclic amines) is 1. The molecule has 1 amide bonds. The van der Waals surface area contributed by atoms with E-state index in [0.29, 0.717) is 12.8 Å². The number of hydrogen-bond donors (Lipinski definition) is 0. The summed E-state index contributed by atoms with van der Waals surface area (Å²) in [7, 11) is 0. The molecule has 0 radical (unpaired) electrons. The van der Waals surface area contributed by atoms with Crippen LogP contribution in [-0.4, -0.2) is 29.2 Å². The summed E-state index contributed by atoms with van der Waals surface area (Å²) in [6.07, 6.45) is 4.11.